The molecule has 0 N–H and O–H groups in total. The number of hydrogen-bond acceptors (Lipinski definition) is 2. The molecule has 1 aromatic heterocycles. The lowest BCUT2D eigenvalue weighted by atomic mass is 10.3. The Morgan fingerprint density at radius 2 is 2.14 bits per heavy atom. The van der Waals surface area contributed by atoms with Gasteiger partial charge in [0.15, 0.2) is 5.69 Å². The molecule has 0 bridgehead atoms. The second-order valence-corrected chi connectivity index (χ2v) is 3.64. The van der Waals surface area contributed by atoms with Gasteiger partial charge < -0.3 is 4.90 Å². The molecule has 4 nitrogen and oxygen atoms in total. The number of carbonyl (C=O) groups is 1. The Kier molecular flexibility index (Phi) is 3.16. The minimum atomic E-state index is -0.162. The maximum absolute atomic E-state index is 11.6. The molecular formula is C9H14ClN3O. The van der Waals surface area contributed by atoms with Crippen LogP contribution in [0.3, 0.4) is 0 Å². The molecule has 0 fully saturated rings. The predicted molar refractivity (Wildman–Crippen MR) is 55.7 cm³/mol. The first kappa shape index (κ1) is 11.0. The van der Waals surface area contributed by atoms with E-state index in [0.717, 1.165) is 5.69 Å². The first-order valence-electron chi connectivity index (χ1n) is 4.43. The average molecular weight is 216 g/mol. The average Bonchev–Trinajstić information content (AvgIpc) is 2.43. The van der Waals surface area contributed by atoms with Gasteiger partial charge in [0.2, 0.25) is 0 Å². The van der Waals surface area contributed by atoms with Crippen LogP contribution >= 0.6 is 11.6 Å². The number of halogens is 1. The van der Waals surface area contributed by atoms with Crippen molar-refractivity contribution in [1.29, 1.82) is 0 Å². The van der Waals surface area contributed by atoms with Crippen molar-refractivity contribution in [2.75, 3.05) is 14.1 Å². The van der Waals surface area contributed by atoms with Crippen LogP contribution in [0, 0.1) is 6.92 Å². The summed E-state index contributed by atoms with van der Waals surface area (Å²) in [6.45, 7) is 4.53. The predicted octanol–water partition coefficient (Wildman–Crippen LogP) is 1.57. The second kappa shape index (κ2) is 4.00. The normalized spacial score (nSPS) is 10.4. The van der Waals surface area contributed by atoms with Crippen LogP contribution in [0.4, 0.5) is 0 Å². The molecule has 0 aliphatic heterocycles. The Bertz CT molecular complexity index is 357. The van der Waals surface area contributed by atoms with E-state index >= 15 is 0 Å². The largest absolute Gasteiger partial charge is 0.343 e. The molecule has 0 aromatic carbocycles. The molecule has 14 heavy (non-hydrogen) atoms. The van der Waals surface area contributed by atoms with Crippen molar-refractivity contribution in [3.05, 3.63) is 16.4 Å². The van der Waals surface area contributed by atoms with Crippen molar-refractivity contribution in [2.24, 2.45) is 0 Å². The van der Waals surface area contributed by atoms with E-state index in [9.17, 15) is 4.79 Å². The molecule has 0 radical (unpaired) electrons. The summed E-state index contributed by atoms with van der Waals surface area (Å²) in [6.07, 6.45) is 0. The summed E-state index contributed by atoms with van der Waals surface area (Å²) in [5.41, 5.74) is 1.16. The first-order valence-corrected chi connectivity index (χ1v) is 4.81. The van der Waals surface area contributed by atoms with Gasteiger partial charge in [0.05, 0.1) is 10.7 Å². The van der Waals surface area contributed by atoms with Gasteiger partial charge in [-0.05, 0) is 13.8 Å². The van der Waals surface area contributed by atoms with E-state index < -0.39 is 0 Å². The molecule has 1 rings (SSSR count). The van der Waals surface area contributed by atoms with Gasteiger partial charge in [0.1, 0.15) is 0 Å². The lowest BCUT2D eigenvalue weighted by Crippen LogP contribution is -2.22. The van der Waals surface area contributed by atoms with Gasteiger partial charge in [0.25, 0.3) is 5.91 Å². The van der Waals surface area contributed by atoms with E-state index in [0.29, 0.717) is 17.3 Å². The molecule has 1 amide bonds. The van der Waals surface area contributed by atoms with Gasteiger partial charge >= 0.3 is 0 Å². The third-order valence-corrected chi connectivity index (χ3v) is 2.49. The summed E-state index contributed by atoms with van der Waals surface area (Å²) in [5.74, 6) is -0.162. The molecule has 0 aliphatic rings. The Labute approximate surface area is 88.5 Å². The third-order valence-electron chi connectivity index (χ3n) is 2.04. The topological polar surface area (TPSA) is 38.1 Å². The Morgan fingerprint density at radius 1 is 1.57 bits per heavy atom. The van der Waals surface area contributed by atoms with Crippen LogP contribution in [-0.2, 0) is 6.54 Å². The Morgan fingerprint density at radius 3 is 2.50 bits per heavy atom. The zero-order valence-corrected chi connectivity index (χ0v) is 9.59. The van der Waals surface area contributed by atoms with Crippen LogP contribution in [0.5, 0.6) is 0 Å². The third kappa shape index (κ3) is 1.75. The van der Waals surface area contributed by atoms with Crippen LogP contribution in [0.25, 0.3) is 0 Å². The van der Waals surface area contributed by atoms with Crippen molar-refractivity contribution in [2.45, 2.75) is 20.4 Å². The molecule has 1 heterocycles. The Hall–Kier alpha value is -1.03. The quantitative estimate of drug-likeness (QED) is 0.751. The monoisotopic (exact) mass is 215 g/mol. The van der Waals surface area contributed by atoms with Crippen molar-refractivity contribution in [3.63, 3.8) is 0 Å². The second-order valence-electron chi connectivity index (χ2n) is 3.26. The molecule has 0 aliphatic carbocycles. The number of aromatic nitrogens is 2. The van der Waals surface area contributed by atoms with Gasteiger partial charge in [-0.2, -0.15) is 5.10 Å². The lowest BCUT2D eigenvalue weighted by molar-refractivity contribution is 0.0821. The highest BCUT2D eigenvalue weighted by atomic mass is 35.5. The summed E-state index contributed by atoms with van der Waals surface area (Å²) < 4.78 is 1.72. The lowest BCUT2D eigenvalue weighted by Gasteiger charge is -2.07. The molecule has 0 unspecified atom stereocenters. The molecule has 0 saturated carbocycles. The van der Waals surface area contributed by atoms with E-state index in [1.807, 2.05) is 13.8 Å². The van der Waals surface area contributed by atoms with Crippen molar-refractivity contribution >= 4 is 17.5 Å². The summed E-state index contributed by atoms with van der Waals surface area (Å²) in [6, 6.07) is 0. The number of aryl methyl sites for hydroxylation is 1. The van der Waals surface area contributed by atoms with E-state index in [4.69, 9.17) is 11.6 Å². The standard InChI is InChI=1S/C9H14ClN3O/c1-5-13-6(2)7(10)8(11-13)9(14)12(3)4/h5H2,1-4H3. The summed E-state index contributed by atoms with van der Waals surface area (Å²) in [4.78, 5) is 13.1. The fraction of sp³-hybridized carbons (Fsp3) is 0.556. The van der Waals surface area contributed by atoms with Crippen LogP contribution < -0.4 is 0 Å². The highest BCUT2D eigenvalue weighted by Crippen LogP contribution is 2.20. The van der Waals surface area contributed by atoms with E-state index in [1.165, 1.54) is 4.90 Å². The molecule has 0 saturated heterocycles. The maximum atomic E-state index is 11.6. The van der Waals surface area contributed by atoms with E-state index in [2.05, 4.69) is 5.10 Å². The smallest absolute Gasteiger partial charge is 0.275 e. The molecular weight excluding hydrogens is 202 g/mol. The summed E-state index contributed by atoms with van der Waals surface area (Å²) >= 11 is 6.00. The summed E-state index contributed by atoms with van der Waals surface area (Å²) in [7, 11) is 3.36. The van der Waals surface area contributed by atoms with E-state index in [-0.39, 0.29) is 5.91 Å². The number of carbonyl (C=O) groups excluding carboxylic acids is 1. The van der Waals surface area contributed by atoms with E-state index in [1.54, 1.807) is 18.8 Å². The highest BCUT2D eigenvalue weighted by molar-refractivity contribution is 6.34. The van der Waals surface area contributed by atoms with Gasteiger partial charge in [-0.15, -0.1) is 0 Å². The number of rotatable bonds is 2. The van der Waals surface area contributed by atoms with Crippen molar-refractivity contribution < 1.29 is 4.79 Å². The molecule has 0 spiro atoms. The van der Waals surface area contributed by atoms with Crippen molar-refractivity contribution in [1.82, 2.24) is 14.7 Å². The molecule has 1 aromatic rings. The van der Waals surface area contributed by atoms with Crippen molar-refractivity contribution in [3.8, 4) is 0 Å². The van der Waals surface area contributed by atoms with Crippen LogP contribution in [0.15, 0.2) is 0 Å². The molecule has 78 valence electrons. The molecule has 0 atom stereocenters. The number of amides is 1. The van der Waals surface area contributed by atoms with Gasteiger partial charge in [-0.25, -0.2) is 0 Å². The summed E-state index contributed by atoms with van der Waals surface area (Å²) in [5, 5.41) is 4.59. The maximum Gasteiger partial charge on any atom is 0.275 e. The van der Waals surface area contributed by atoms with Crippen LogP contribution in [-0.4, -0.2) is 34.7 Å². The Balaban J connectivity index is 3.17. The minimum absolute atomic E-state index is 0.162. The number of hydrogen-bond donors (Lipinski definition) is 0. The minimum Gasteiger partial charge on any atom is -0.343 e. The zero-order valence-electron chi connectivity index (χ0n) is 8.83. The fourth-order valence-corrected chi connectivity index (χ4v) is 1.40. The zero-order chi connectivity index (χ0) is 10.9. The van der Waals surface area contributed by atoms with Gasteiger partial charge in [0, 0.05) is 20.6 Å². The SMILES string of the molecule is CCn1nc(C(=O)N(C)C)c(Cl)c1C. The van der Waals surface area contributed by atoms with Crippen LogP contribution in [0.1, 0.15) is 23.1 Å². The highest BCUT2D eigenvalue weighted by Gasteiger charge is 2.19. The fourth-order valence-electron chi connectivity index (χ4n) is 1.18. The first-order chi connectivity index (χ1) is 6.49. The molecule has 5 heteroatoms. The number of nitrogens with zero attached hydrogens (tertiary/aromatic N) is 3. The van der Waals surface area contributed by atoms with Gasteiger partial charge in [-0.3, -0.25) is 9.48 Å². The van der Waals surface area contributed by atoms with Crippen LogP contribution in [0.2, 0.25) is 5.02 Å². The van der Waals surface area contributed by atoms with Gasteiger partial charge in [-0.1, -0.05) is 11.6 Å².